The van der Waals surface area contributed by atoms with Gasteiger partial charge in [0, 0.05) is 28.0 Å². The monoisotopic (exact) mass is 398 g/mol. The molecule has 0 saturated carbocycles. The summed E-state index contributed by atoms with van der Waals surface area (Å²) in [5.41, 5.74) is 1.81. The predicted molar refractivity (Wildman–Crippen MR) is 96.9 cm³/mol. The van der Waals surface area contributed by atoms with E-state index in [0.717, 1.165) is 33.1 Å². The molecule has 0 aliphatic heterocycles. The fourth-order valence-electron chi connectivity index (χ4n) is 2.28. The molecule has 1 unspecified atom stereocenters. The molecule has 0 fully saturated rings. The molecule has 0 saturated heterocycles. The van der Waals surface area contributed by atoms with Crippen LogP contribution in [0.2, 0.25) is 0 Å². The molecule has 1 amide bonds. The highest BCUT2D eigenvalue weighted by Gasteiger charge is 2.21. The van der Waals surface area contributed by atoms with E-state index in [1.807, 2.05) is 25.1 Å². The average Bonchev–Trinajstić information content (AvgIpc) is 2.89. The number of H-pyrrole nitrogens is 1. The molecule has 0 spiro atoms. The summed E-state index contributed by atoms with van der Waals surface area (Å²) in [6.07, 6.45) is 3.03. The van der Waals surface area contributed by atoms with Gasteiger partial charge in [-0.1, -0.05) is 22.9 Å². The first-order valence-corrected chi connectivity index (χ1v) is 9.31. The van der Waals surface area contributed by atoms with Crippen LogP contribution in [-0.2, 0) is 16.0 Å². The van der Waals surface area contributed by atoms with Crippen molar-refractivity contribution in [2.24, 2.45) is 0 Å². The van der Waals surface area contributed by atoms with Gasteiger partial charge < -0.3 is 15.4 Å². The Morgan fingerprint density at radius 2 is 2.22 bits per heavy atom. The number of hydrogen-bond acceptors (Lipinski definition) is 3. The number of benzene rings is 1. The van der Waals surface area contributed by atoms with Crippen LogP contribution in [0.4, 0.5) is 0 Å². The van der Waals surface area contributed by atoms with E-state index in [9.17, 15) is 14.7 Å². The van der Waals surface area contributed by atoms with Crippen LogP contribution in [0.25, 0.3) is 10.9 Å². The summed E-state index contributed by atoms with van der Waals surface area (Å²) >= 11 is 4.93. The van der Waals surface area contributed by atoms with E-state index in [4.69, 9.17) is 0 Å². The zero-order valence-electron chi connectivity index (χ0n) is 12.8. The summed E-state index contributed by atoms with van der Waals surface area (Å²) in [5.74, 6) is -0.0846. The number of carbonyl (C=O) groups is 2. The quantitative estimate of drug-likeness (QED) is 0.596. The van der Waals surface area contributed by atoms with Crippen molar-refractivity contribution in [1.29, 1.82) is 0 Å². The Morgan fingerprint density at radius 3 is 2.91 bits per heavy atom. The number of aliphatic carboxylic acids is 1. The predicted octanol–water partition coefficient (Wildman–Crippen LogP) is 3.19. The first-order valence-electron chi connectivity index (χ1n) is 7.36. The third-order valence-electron chi connectivity index (χ3n) is 3.37. The van der Waals surface area contributed by atoms with Crippen molar-refractivity contribution in [1.82, 2.24) is 10.3 Å². The Morgan fingerprint density at radius 1 is 1.43 bits per heavy atom. The second-order valence-corrected chi connectivity index (χ2v) is 7.24. The summed E-state index contributed by atoms with van der Waals surface area (Å²) in [4.78, 5) is 26.4. The lowest BCUT2D eigenvalue weighted by atomic mass is 10.1. The average molecular weight is 399 g/mol. The molecular weight excluding hydrogens is 380 g/mol. The second-order valence-electron chi connectivity index (χ2n) is 5.22. The second kappa shape index (κ2) is 8.40. The van der Waals surface area contributed by atoms with Gasteiger partial charge in [-0.05, 0) is 35.9 Å². The molecule has 2 rings (SSSR count). The fourth-order valence-corrected chi connectivity index (χ4v) is 3.35. The van der Waals surface area contributed by atoms with Gasteiger partial charge in [0.25, 0.3) is 0 Å². The van der Waals surface area contributed by atoms with Gasteiger partial charge in [0.2, 0.25) is 5.91 Å². The topological polar surface area (TPSA) is 82.2 Å². The zero-order valence-corrected chi connectivity index (χ0v) is 15.2. The SMILES string of the molecule is CCCSCC(=O)NC(Cc1c[nH]c2ccc(Br)cc12)C(=O)O. The molecule has 7 heteroatoms. The number of halogens is 1. The highest BCUT2D eigenvalue weighted by Crippen LogP contribution is 2.23. The van der Waals surface area contributed by atoms with Gasteiger partial charge in [0.1, 0.15) is 6.04 Å². The zero-order chi connectivity index (χ0) is 16.8. The Labute approximate surface area is 147 Å². The van der Waals surface area contributed by atoms with Crippen LogP contribution in [0.3, 0.4) is 0 Å². The number of aromatic amines is 1. The van der Waals surface area contributed by atoms with Crippen molar-refractivity contribution in [3.05, 3.63) is 34.4 Å². The van der Waals surface area contributed by atoms with Gasteiger partial charge in [0.05, 0.1) is 5.75 Å². The Hall–Kier alpha value is -1.47. The number of carboxylic acid groups (broad SMARTS) is 1. The summed E-state index contributed by atoms with van der Waals surface area (Å²) in [5, 5.41) is 12.9. The molecule has 2 aromatic rings. The summed E-state index contributed by atoms with van der Waals surface area (Å²) in [6.45, 7) is 2.04. The maximum absolute atomic E-state index is 11.9. The molecule has 1 atom stereocenters. The van der Waals surface area contributed by atoms with Gasteiger partial charge in [-0.25, -0.2) is 4.79 Å². The molecule has 0 aliphatic carbocycles. The number of thioether (sulfide) groups is 1. The van der Waals surface area contributed by atoms with Crippen LogP contribution in [0.15, 0.2) is 28.9 Å². The van der Waals surface area contributed by atoms with Crippen molar-refractivity contribution in [3.63, 3.8) is 0 Å². The Balaban J connectivity index is 2.07. The molecule has 1 aromatic heterocycles. The van der Waals surface area contributed by atoms with Gasteiger partial charge in [-0.3, -0.25) is 4.79 Å². The minimum atomic E-state index is -1.02. The summed E-state index contributed by atoms with van der Waals surface area (Å²) in [6, 6.07) is 4.87. The molecule has 124 valence electrons. The van der Waals surface area contributed by atoms with Crippen molar-refractivity contribution < 1.29 is 14.7 Å². The van der Waals surface area contributed by atoms with Crippen molar-refractivity contribution >= 4 is 50.5 Å². The summed E-state index contributed by atoms with van der Waals surface area (Å²) in [7, 11) is 0. The number of fused-ring (bicyclic) bond motifs is 1. The summed E-state index contributed by atoms with van der Waals surface area (Å²) < 4.78 is 0.928. The van der Waals surface area contributed by atoms with Gasteiger partial charge in [-0.15, -0.1) is 0 Å². The van der Waals surface area contributed by atoms with Crippen LogP contribution in [0, 0.1) is 0 Å². The molecule has 0 aliphatic rings. The Kier molecular flexibility index (Phi) is 6.53. The van der Waals surface area contributed by atoms with Gasteiger partial charge in [0.15, 0.2) is 0 Å². The maximum Gasteiger partial charge on any atom is 0.326 e. The van der Waals surface area contributed by atoms with Crippen LogP contribution in [0.1, 0.15) is 18.9 Å². The number of carbonyl (C=O) groups excluding carboxylic acids is 1. The number of amides is 1. The van der Waals surface area contributed by atoms with E-state index in [2.05, 4.69) is 26.2 Å². The number of carboxylic acids is 1. The van der Waals surface area contributed by atoms with Crippen molar-refractivity contribution in [2.45, 2.75) is 25.8 Å². The lowest BCUT2D eigenvalue weighted by molar-refractivity contribution is -0.141. The standard InChI is InChI=1S/C16H19BrN2O3S/c1-2-5-23-9-15(20)19-14(16(21)22)6-10-8-18-13-4-3-11(17)7-12(10)13/h3-4,7-8,14,18H,2,5-6,9H2,1H3,(H,19,20)(H,21,22). The van der Waals surface area contributed by atoms with Gasteiger partial charge >= 0.3 is 5.97 Å². The van der Waals surface area contributed by atoms with E-state index in [-0.39, 0.29) is 18.1 Å². The number of hydrogen-bond donors (Lipinski definition) is 3. The number of aromatic nitrogens is 1. The van der Waals surface area contributed by atoms with E-state index in [0.29, 0.717) is 0 Å². The lowest BCUT2D eigenvalue weighted by Gasteiger charge is -2.14. The van der Waals surface area contributed by atoms with Crippen LogP contribution in [-0.4, -0.2) is 39.5 Å². The molecule has 3 N–H and O–H groups in total. The normalized spacial score (nSPS) is 12.3. The highest BCUT2D eigenvalue weighted by molar-refractivity contribution is 9.10. The molecule has 23 heavy (non-hydrogen) atoms. The molecule has 0 bridgehead atoms. The number of rotatable bonds is 8. The third-order valence-corrected chi connectivity index (χ3v) is 5.02. The van der Waals surface area contributed by atoms with E-state index < -0.39 is 12.0 Å². The van der Waals surface area contributed by atoms with Crippen LogP contribution >= 0.6 is 27.7 Å². The molecule has 0 radical (unpaired) electrons. The minimum Gasteiger partial charge on any atom is -0.480 e. The Bertz CT molecular complexity index is 702. The fraction of sp³-hybridized carbons (Fsp3) is 0.375. The van der Waals surface area contributed by atoms with Crippen molar-refractivity contribution in [3.8, 4) is 0 Å². The number of nitrogens with one attached hydrogen (secondary N) is 2. The first kappa shape index (κ1) is 17.9. The smallest absolute Gasteiger partial charge is 0.326 e. The molecular formula is C16H19BrN2O3S. The third kappa shape index (κ3) is 5.00. The van der Waals surface area contributed by atoms with E-state index >= 15 is 0 Å². The molecule has 1 heterocycles. The van der Waals surface area contributed by atoms with E-state index in [1.54, 1.807) is 6.20 Å². The highest BCUT2D eigenvalue weighted by atomic mass is 79.9. The maximum atomic E-state index is 11.9. The minimum absolute atomic E-state index is 0.239. The van der Waals surface area contributed by atoms with Gasteiger partial charge in [-0.2, -0.15) is 11.8 Å². The molecule has 1 aromatic carbocycles. The molecule has 5 nitrogen and oxygen atoms in total. The van der Waals surface area contributed by atoms with E-state index in [1.165, 1.54) is 11.8 Å². The van der Waals surface area contributed by atoms with Crippen LogP contribution < -0.4 is 5.32 Å². The van der Waals surface area contributed by atoms with Crippen molar-refractivity contribution in [2.75, 3.05) is 11.5 Å². The first-order chi connectivity index (χ1) is 11.0. The lowest BCUT2D eigenvalue weighted by Crippen LogP contribution is -2.43. The largest absolute Gasteiger partial charge is 0.480 e. The van der Waals surface area contributed by atoms with Crippen LogP contribution in [0.5, 0.6) is 0 Å².